The van der Waals surface area contributed by atoms with E-state index in [2.05, 4.69) is 26.1 Å². The van der Waals surface area contributed by atoms with Crippen molar-refractivity contribution in [1.82, 2.24) is 14.9 Å². The first kappa shape index (κ1) is 18.3. The highest BCUT2D eigenvalue weighted by atomic mass is 16.1. The van der Waals surface area contributed by atoms with E-state index in [1.807, 2.05) is 55.5 Å². The van der Waals surface area contributed by atoms with Crippen molar-refractivity contribution < 1.29 is 0 Å². The molecule has 0 spiro atoms. The standard InChI is InChI=1S/C22H27N3O/c1-5-19(23-14-15(2)3)21-24-20-9-7-6-8-18(20)22(26)25(21)17-12-10-16(4)11-13-17/h6-13,15,19,23H,5,14H2,1-4H3. The summed E-state index contributed by atoms with van der Waals surface area (Å²) in [5.41, 5.74) is 2.76. The largest absolute Gasteiger partial charge is 0.307 e. The van der Waals surface area contributed by atoms with Gasteiger partial charge in [-0.25, -0.2) is 4.98 Å². The Morgan fingerprint density at radius 3 is 2.42 bits per heavy atom. The molecule has 0 saturated carbocycles. The van der Waals surface area contributed by atoms with Crippen LogP contribution >= 0.6 is 0 Å². The minimum atomic E-state index is -0.0146. The first-order valence-electron chi connectivity index (χ1n) is 9.33. The lowest BCUT2D eigenvalue weighted by molar-refractivity contribution is 0.442. The van der Waals surface area contributed by atoms with Gasteiger partial charge in [0, 0.05) is 0 Å². The summed E-state index contributed by atoms with van der Waals surface area (Å²) in [5.74, 6) is 1.31. The maximum Gasteiger partial charge on any atom is 0.266 e. The highest BCUT2D eigenvalue weighted by Crippen LogP contribution is 2.21. The van der Waals surface area contributed by atoms with Gasteiger partial charge in [0.25, 0.3) is 5.56 Å². The van der Waals surface area contributed by atoms with Crippen molar-refractivity contribution in [2.45, 2.75) is 40.2 Å². The summed E-state index contributed by atoms with van der Waals surface area (Å²) in [5, 5.41) is 4.23. The summed E-state index contributed by atoms with van der Waals surface area (Å²) in [7, 11) is 0. The molecular weight excluding hydrogens is 322 g/mol. The molecule has 0 saturated heterocycles. The molecule has 1 aromatic heterocycles. The van der Waals surface area contributed by atoms with Gasteiger partial charge in [-0.1, -0.05) is 50.6 Å². The zero-order chi connectivity index (χ0) is 18.7. The van der Waals surface area contributed by atoms with Gasteiger partial charge in [-0.3, -0.25) is 9.36 Å². The Labute approximate surface area is 154 Å². The molecule has 136 valence electrons. The quantitative estimate of drug-likeness (QED) is 0.718. The van der Waals surface area contributed by atoms with Gasteiger partial charge in [0.2, 0.25) is 0 Å². The van der Waals surface area contributed by atoms with E-state index < -0.39 is 0 Å². The molecule has 0 radical (unpaired) electrons. The molecule has 1 atom stereocenters. The van der Waals surface area contributed by atoms with Crippen LogP contribution in [0.4, 0.5) is 0 Å². The van der Waals surface area contributed by atoms with E-state index in [1.165, 1.54) is 5.56 Å². The predicted molar refractivity (Wildman–Crippen MR) is 108 cm³/mol. The van der Waals surface area contributed by atoms with Crippen LogP contribution in [0.2, 0.25) is 0 Å². The van der Waals surface area contributed by atoms with E-state index >= 15 is 0 Å². The SMILES string of the molecule is CCC(NCC(C)C)c1nc2ccccc2c(=O)n1-c1ccc(C)cc1. The molecule has 0 aliphatic heterocycles. The number of benzene rings is 2. The van der Waals surface area contributed by atoms with Crippen molar-refractivity contribution in [2.75, 3.05) is 6.54 Å². The van der Waals surface area contributed by atoms with Crippen LogP contribution in [0.1, 0.15) is 44.6 Å². The zero-order valence-corrected chi connectivity index (χ0v) is 16.0. The summed E-state index contributed by atoms with van der Waals surface area (Å²) in [6.45, 7) is 9.42. The maximum atomic E-state index is 13.3. The molecule has 1 N–H and O–H groups in total. The zero-order valence-electron chi connectivity index (χ0n) is 16.0. The molecule has 0 aliphatic carbocycles. The minimum Gasteiger partial charge on any atom is -0.307 e. The van der Waals surface area contributed by atoms with Crippen LogP contribution in [0.3, 0.4) is 0 Å². The second-order valence-corrected chi connectivity index (χ2v) is 7.23. The van der Waals surface area contributed by atoms with Crippen LogP contribution in [-0.4, -0.2) is 16.1 Å². The van der Waals surface area contributed by atoms with Gasteiger partial charge >= 0.3 is 0 Å². The lowest BCUT2D eigenvalue weighted by Gasteiger charge is -2.22. The molecular formula is C22H27N3O. The van der Waals surface area contributed by atoms with Crippen LogP contribution in [0.5, 0.6) is 0 Å². The number of para-hydroxylation sites is 1. The number of hydrogen-bond donors (Lipinski definition) is 1. The number of nitrogens with one attached hydrogen (secondary N) is 1. The normalized spacial score (nSPS) is 12.7. The molecule has 3 rings (SSSR count). The monoisotopic (exact) mass is 349 g/mol. The molecule has 4 heteroatoms. The predicted octanol–water partition coefficient (Wildman–Crippen LogP) is 4.39. The van der Waals surface area contributed by atoms with E-state index in [0.29, 0.717) is 11.3 Å². The van der Waals surface area contributed by atoms with Gasteiger partial charge in [-0.05, 0) is 50.1 Å². The van der Waals surface area contributed by atoms with Gasteiger partial charge in [0.1, 0.15) is 5.82 Å². The van der Waals surface area contributed by atoms with E-state index in [0.717, 1.165) is 30.0 Å². The van der Waals surface area contributed by atoms with E-state index in [-0.39, 0.29) is 11.6 Å². The molecule has 1 unspecified atom stereocenters. The maximum absolute atomic E-state index is 13.3. The highest BCUT2D eigenvalue weighted by Gasteiger charge is 2.19. The number of nitrogens with zero attached hydrogens (tertiary/aromatic N) is 2. The van der Waals surface area contributed by atoms with Crippen molar-refractivity contribution in [3.8, 4) is 5.69 Å². The lowest BCUT2D eigenvalue weighted by atomic mass is 10.1. The molecule has 0 fully saturated rings. The molecule has 26 heavy (non-hydrogen) atoms. The second kappa shape index (κ2) is 7.83. The lowest BCUT2D eigenvalue weighted by Crippen LogP contribution is -2.32. The Hall–Kier alpha value is -2.46. The first-order valence-corrected chi connectivity index (χ1v) is 9.33. The number of aromatic nitrogens is 2. The summed E-state index contributed by atoms with van der Waals surface area (Å²) in [6.07, 6.45) is 0.864. The third-order valence-corrected chi connectivity index (χ3v) is 4.59. The first-order chi connectivity index (χ1) is 12.5. The Morgan fingerprint density at radius 2 is 1.77 bits per heavy atom. The Morgan fingerprint density at radius 1 is 1.08 bits per heavy atom. The van der Waals surface area contributed by atoms with Gasteiger partial charge < -0.3 is 5.32 Å². The van der Waals surface area contributed by atoms with Crippen LogP contribution in [-0.2, 0) is 0 Å². The summed E-state index contributed by atoms with van der Waals surface area (Å²) < 4.78 is 1.77. The van der Waals surface area contributed by atoms with E-state index in [4.69, 9.17) is 4.98 Å². The summed E-state index contributed by atoms with van der Waals surface area (Å²) in [4.78, 5) is 18.2. The Kier molecular flexibility index (Phi) is 5.52. The molecule has 0 amide bonds. The smallest absolute Gasteiger partial charge is 0.266 e. The van der Waals surface area contributed by atoms with Crippen LogP contribution in [0.15, 0.2) is 53.3 Å². The van der Waals surface area contributed by atoms with Crippen LogP contribution in [0, 0.1) is 12.8 Å². The molecule has 4 nitrogen and oxygen atoms in total. The number of rotatable bonds is 6. The summed E-state index contributed by atoms with van der Waals surface area (Å²) in [6, 6.07) is 15.6. The minimum absolute atomic E-state index is 0.0146. The van der Waals surface area contributed by atoms with E-state index in [9.17, 15) is 4.79 Å². The average Bonchev–Trinajstić information content (AvgIpc) is 2.63. The number of hydrogen-bond acceptors (Lipinski definition) is 3. The molecule has 0 bridgehead atoms. The second-order valence-electron chi connectivity index (χ2n) is 7.23. The summed E-state index contributed by atoms with van der Waals surface area (Å²) >= 11 is 0. The highest BCUT2D eigenvalue weighted by molar-refractivity contribution is 5.77. The third kappa shape index (κ3) is 3.70. The van der Waals surface area contributed by atoms with Crippen molar-refractivity contribution >= 4 is 10.9 Å². The van der Waals surface area contributed by atoms with E-state index in [1.54, 1.807) is 4.57 Å². The fourth-order valence-corrected chi connectivity index (χ4v) is 3.12. The fraction of sp³-hybridized carbons (Fsp3) is 0.364. The van der Waals surface area contributed by atoms with Crippen molar-refractivity contribution in [3.63, 3.8) is 0 Å². The van der Waals surface area contributed by atoms with Crippen LogP contribution < -0.4 is 10.9 Å². The molecule has 0 aliphatic rings. The number of aryl methyl sites for hydroxylation is 1. The average molecular weight is 349 g/mol. The Bertz CT molecular complexity index is 942. The number of fused-ring (bicyclic) bond motifs is 1. The molecule has 3 aromatic rings. The Balaban J connectivity index is 2.23. The van der Waals surface area contributed by atoms with Gasteiger partial charge in [-0.2, -0.15) is 0 Å². The molecule has 2 aromatic carbocycles. The topological polar surface area (TPSA) is 46.9 Å². The van der Waals surface area contributed by atoms with Crippen molar-refractivity contribution in [2.24, 2.45) is 5.92 Å². The van der Waals surface area contributed by atoms with Gasteiger partial charge in [-0.15, -0.1) is 0 Å². The van der Waals surface area contributed by atoms with Crippen LogP contribution in [0.25, 0.3) is 16.6 Å². The van der Waals surface area contributed by atoms with Gasteiger partial charge in [0.05, 0.1) is 22.6 Å². The van der Waals surface area contributed by atoms with Crippen molar-refractivity contribution in [3.05, 3.63) is 70.3 Å². The molecule has 1 heterocycles. The third-order valence-electron chi connectivity index (χ3n) is 4.59. The fourth-order valence-electron chi connectivity index (χ4n) is 3.12. The van der Waals surface area contributed by atoms with Gasteiger partial charge in [0.15, 0.2) is 0 Å². The van der Waals surface area contributed by atoms with Crippen molar-refractivity contribution in [1.29, 1.82) is 0 Å².